The van der Waals surface area contributed by atoms with Crippen LogP contribution in [0.3, 0.4) is 0 Å². The Hall–Kier alpha value is -2.36. The van der Waals surface area contributed by atoms with Gasteiger partial charge < -0.3 is 9.15 Å². The van der Waals surface area contributed by atoms with Gasteiger partial charge in [-0.2, -0.15) is 0 Å². The molecule has 0 saturated carbocycles. The number of Topliss-reactive ketones (excluding diaryl/α,β-unsaturated/α-hetero) is 1. The number of hydrogen-bond acceptors (Lipinski definition) is 4. The van der Waals surface area contributed by atoms with Crippen LogP contribution < -0.4 is 10.4 Å². The number of hydrogen-bond donors (Lipinski definition) is 0. The monoisotopic (exact) mass is 428 g/mol. The SMILES string of the molecule is CC[C@H](C)C[C@H](C)C(=O)/C(C)=C/C(C)/C=C(C)/C=C(\C)c1oc(=O)c(C)c(OC)c1C. The molecule has 0 N–H and O–H groups in total. The molecule has 0 fully saturated rings. The number of methoxy groups -OCH3 is 1. The highest BCUT2D eigenvalue weighted by Crippen LogP contribution is 2.28. The first-order valence-corrected chi connectivity index (χ1v) is 11.2. The predicted molar refractivity (Wildman–Crippen MR) is 130 cm³/mol. The summed E-state index contributed by atoms with van der Waals surface area (Å²) in [6.07, 6.45) is 8.15. The van der Waals surface area contributed by atoms with Crippen LogP contribution in [0.2, 0.25) is 0 Å². The lowest BCUT2D eigenvalue weighted by Crippen LogP contribution is -2.15. The Labute approximate surface area is 188 Å². The minimum atomic E-state index is -0.385. The molecule has 3 atom stereocenters. The van der Waals surface area contributed by atoms with Gasteiger partial charge in [0.1, 0.15) is 11.5 Å². The lowest BCUT2D eigenvalue weighted by molar-refractivity contribution is -0.119. The Kier molecular flexibility index (Phi) is 10.2. The Bertz CT molecular complexity index is 927. The van der Waals surface area contributed by atoms with Gasteiger partial charge in [-0.3, -0.25) is 4.79 Å². The minimum absolute atomic E-state index is 0.0491. The van der Waals surface area contributed by atoms with Crippen molar-refractivity contribution in [3.05, 3.63) is 56.7 Å². The average molecular weight is 429 g/mol. The maximum absolute atomic E-state index is 12.7. The van der Waals surface area contributed by atoms with Gasteiger partial charge in [-0.15, -0.1) is 0 Å². The number of rotatable bonds is 10. The Morgan fingerprint density at radius 1 is 1.06 bits per heavy atom. The summed E-state index contributed by atoms with van der Waals surface area (Å²) < 4.78 is 10.9. The van der Waals surface area contributed by atoms with Gasteiger partial charge in [-0.1, -0.05) is 57.9 Å². The van der Waals surface area contributed by atoms with Crippen molar-refractivity contribution >= 4 is 11.4 Å². The van der Waals surface area contributed by atoms with Crippen LogP contribution in [-0.2, 0) is 4.79 Å². The van der Waals surface area contributed by atoms with Crippen LogP contribution in [0.5, 0.6) is 5.75 Å². The maximum Gasteiger partial charge on any atom is 0.342 e. The summed E-state index contributed by atoms with van der Waals surface area (Å²) in [5.41, 5.74) is 3.61. The number of allylic oxidation sites excluding steroid dienone is 6. The van der Waals surface area contributed by atoms with Gasteiger partial charge in [0.15, 0.2) is 5.78 Å². The molecule has 1 rings (SSSR count). The van der Waals surface area contributed by atoms with E-state index >= 15 is 0 Å². The number of carbonyl (C=O) groups is 1. The molecule has 1 aromatic rings. The normalized spacial score (nSPS) is 16.1. The Balaban J connectivity index is 3.06. The molecule has 0 aliphatic heterocycles. The van der Waals surface area contributed by atoms with Crippen LogP contribution in [0.4, 0.5) is 0 Å². The summed E-state index contributed by atoms with van der Waals surface area (Å²) in [5, 5.41) is 0. The molecule has 4 nitrogen and oxygen atoms in total. The molecule has 0 amide bonds. The van der Waals surface area contributed by atoms with E-state index in [1.165, 1.54) is 0 Å². The molecule has 0 radical (unpaired) electrons. The van der Waals surface area contributed by atoms with Crippen LogP contribution in [-0.4, -0.2) is 12.9 Å². The van der Waals surface area contributed by atoms with Crippen molar-refractivity contribution in [1.29, 1.82) is 0 Å². The van der Waals surface area contributed by atoms with E-state index in [9.17, 15) is 9.59 Å². The van der Waals surface area contributed by atoms with Crippen molar-refractivity contribution in [1.82, 2.24) is 0 Å². The summed E-state index contributed by atoms with van der Waals surface area (Å²) >= 11 is 0. The summed E-state index contributed by atoms with van der Waals surface area (Å²) in [7, 11) is 1.56. The molecule has 1 aromatic heterocycles. The fraction of sp³-hybridized carbons (Fsp3) is 0.556. The van der Waals surface area contributed by atoms with Crippen LogP contribution in [0, 0.1) is 31.6 Å². The van der Waals surface area contributed by atoms with Crippen LogP contribution in [0.15, 0.2) is 38.6 Å². The molecule has 1 heterocycles. The zero-order chi connectivity index (χ0) is 23.9. The fourth-order valence-corrected chi connectivity index (χ4v) is 4.07. The second-order valence-corrected chi connectivity index (χ2v) is 8.96. The standard InChI is InChI=1S/C27H40O4/c1-11-16(2)13-19(5)24(28)20(6)14-17(3)12-18(4)15-21(7)25-22(8)26(30-10)23(9)27(29)31-25/h12,14-17,19H,11,13H2,1-10H3/b18-12+,20-14+,21-15+/t16-,17?,19-/m0/s1. The van der Waals surface area contributed by atoms with E-state index < -0.39 is 0 Å². The second kappa shape index (κ2) is 11.9. The lowest BCUT2D eigenvalue weighted by atomic mass is 9.88. The first kappa shape index (κ1) is 26.7. The van der Waals surface area contributed by atoms with E-state index in [-0.39, 0.29) is 23.2 Å². The number of carbonyl (C=O) groups excluding carboxylic acids is 1. The van der Waals surface area contributed by atoms with Gasteiger partial charge in [0.2, 0.25) is 0 Å². The van der Waals surface area contributed by atoms with Crippen molar-refractivity contribution in [2.45, 2.75) is 75.2 Å². The average Bonchev–Trinajstić information content (AvgIpc) is 2.69. The molecular formula is C27H40O4. The molecule has 0 aliphatic carbocycles. The predicted octanol–water partition coefficient (Wildman–Crippen LogP) is 6.84. The highest BCUT2D eigenvalue weighted by molar-refractivity contribution is 5.96. The van der Waals surface area contributed by atoms with E-state index in [0.29, 0.717) is 23.0 Å². The molecule has 0 saturated heterocycles. The number of ketones is 1. The van der Waals surface area contributed by atoms with E-state index in [2.05, 4.69) is 26.8 Å². The topological polar surface area (TPSA) is 56.5 Å². The van der Waals surface area contributed by atoms with E-state index in [4.69, 9.17) is 9.15 Å². The first-order chi connectivity index (χ1) is 14.4. The Morgan fingerprint density at radius 2 is 1.68 bits per heavy atom. The van der Waals surface area contributed by atoms with E-state index in [0.717, 1.165) is 35.1 Å². The Morgan fingerprint density at radius 3 is 2.23 bits per heavy atom. The molecule has 0 bridgehead atoms. The van der Waals surface area contributed by atoms with Crippen molar-refractivity contribution in [3.63, 3.8) is 0 Å². The fourth-order valence-electron chi connectivity index (χ4n) is 4.07. The smallest absolute Gasteiger partial charge is 0.342 e. The summed E-state index contributed by atoms with van der Waals surface area (Å²) in [4.78, 5) is 24.8. The van der Waals surface area contributed by atoms with Crippen LogP contribution >= 0.6 is 0 Å². The summed E-state index contributed by atoms with van der Waals surface area (Å²) in [5.74, 6) is 2.06. The van der Waals surface area contributed by atoms with Crippen molar-refractivity contribution in [2.24, 2.45) is 17.8 Å². The van der Waals surface area contributed by atoms with Gasteiger partial charge in [0.25, 0.3) is 0 Å². The molecule has 1 unspecified atom stereocenters. The van der Waals surface area contributed by atoms with Crippen molar-refractivity contribution < 1.29 is 13.9 Å². The quantitative estimate of drug-likeness (QED) is 0.302. The zero-order valence-corrected chi connectivity index (χ0v) is 21.0. The van der Waals surface area contributed by atoms with Crippen LogP contribution in [0.1, 0.15) is 78.2 Å². The third-order valence-corrected chi connectivity index (χ3v) is 5.86. The molecule has 4 heteroatoms. The van der Waals surface area contributed by atoms with Gasteiger partial charge >= 0.3 is 5.63 Å². The molecule has 0 aromatic carbocycles. The molecule has 31 heavy (non-hydrogen) atoms. The van der Waals surface area contributed by atoms with Crippen LogP contribution in [0.25, 0.3) is 5.57 Å². The second-order valence-electron chi connectivity index (χ2n) is 8.96. The lowest BCUT2D eigenvalue weighted by Gasteiger charge is -2.15. The highest BCUT2D eigenvalue weighted by atomic mass is 16.5. The van der Waals surface area contributed by atoms with Gasteiger partial charge in [-0.05, 0) is 64.0 Å². The van der Waals surface area contributed by atoms with E-state index in [1.54, 1.807) is 14.0 Å². The van der Waals surface area contributed by atoms with Gasteiger partial charge in [0.05, 0.1) is 12.7 Å². The van der Waals surface area contributed by atoms with Crippen molar-refractivity contribution in [3.8, 4) is 5.75 Å². The summed E-state index contributed by atoms with van der Waals surface area (Å²) in [6.45, 7) is 17.9. The summed E-state index contributed by atoms with van der Waals surface area (Å²) in [6, 6.07) is 0. The van der Waals surface area contributed by atoms with Gasteiger partial charge in [0, 0.05) is 11.5 Å². The van der Waals surface area contributed by atoms with E-state index in [1.807, 2.05) is 46.8 Å². The molecule has 172 valence electrons. The molecular weight excluding hydrogens is 388 g/mol. The first-order valence-electron chi connectivity index (χ1n) is 11.2. The zero-order valence-electron chi connectivity index (χ0n) is 21.0. The number of ether oxygens (including phenoxy) is 1. The molecule has 0 aliphatic rings. The van der Waals surface area contributed by atoms with Crippen molar-refractivity contribution in [2.75, 3.05) is 7.11 Å². The minimum Gasteiger partial charge on any atom is -0.496 e. The highest BCUT2D eigenvalue weighted by Gasteiger charge is 2.18. The third kappa shape index (κ3) is 7.37. The largest absolute Gasteiger partial charge is 0.496 e. The molecule has 0 spiro atoms. The third-order valence-electron chi connectivity index (χ3n) is 5.86. The van der Waals surface area contributed by atoms with Gasteiger partial charge in [-0.25, -0.2) is 4.79 Å². The maximum atomic E-state index is 12.7.